The summed E-state index contributed by atoms with van der Waals surface area (Å²) in [5, 5.41) is 0. The smallest absolute Gasteiger partial charge is 0.0686 e. The van der Waals surface area contributed by atoms with Crippen molar-refractivity contribution >= 4 is 57.3 Å². The summed E-state index contributed by atoms with van der Waals surface area (Å²) in [5.74, 6) is 0. The maximum atomic E-state index is 2.40. The lowest BCUT2D eigenvalue weighted by Crippen LogP contribution is -2.55. The van der Waals surface area contributed by atoms with Crippen LogP contribution in [0.25, 0.3) is 11.1 Å². The van der Waals surface area contributed by atoms with Crippen molar-refractivity contribution in [2.45, 2.75) is 83.1 Å². The maximum absolute atomic E-state index is 2.40. The second-order valence-corrected chi connectivity index (χ2v) is 18.8. The molecule has 0 aliphatic heterocycles. The average molecular weight is 829 g/mol. The minimum absolute atomic E-state index is 0.107. The number of benzene rings is 8. The molecule has 0 radical (unpaired) electrons. The monoisotopic (exact) mass is 829 g/mol. The van der Waals surface area contributed by atoms with Crippen molar-refractivity contribution in [1.82, 2.24) is 0 Å². The maximum Gasteiger partial charge on any atom is 0.242 e. The normalized spacial score (nSPS) is 11.7. The highest BCUT2D eigenvalue weighted by molar-refractivity contribution is 6.97. The Morgan fingerprint density at radius 3 is 0.672 bits per heavy atom. The minimum atomic E-state index is 0.107. The van der Waals surface area contributed by atoms with Crippen LogP contribution >= 0.6 is 0 Å². The molecule has 0 atom stereocenters. The van der Waals surface area contributed by atoms with Gasteiger partial charge >= 0.3 is 0 Å². The van der Waals surface area contributed by atoms with Crippen LogP contribution in [-0.4, -0.2) is 13.4 Å². The van der Waals surface area contributed by atoms with Gasteiger partial charge in [-0.2, -0.15) is 0 Å². The van der Waals surface area contributed by atoms with Gasteiger partial charge in [0.2, 0.25) is 13.4 Å². The zero-order chi connectivity index (χ0) is 45.4. The third-order valence-electron chi connectivity index (χ3n) is 13.5. The van der Waals surface area contributed by atoms with Crippen LogP contribution in [0, 0.1) is 83.1 Å². The van der Waals surface area contributed by atoms with Crippen molar-refractivity contribution in [2.75, 3.05) is 0 Å². The van der Waals surface area contributed by atoms with E-state index in [2.05, 4.69) is 241 Å². The fourth-order valence-electron chi connectivity index (χ4n) is 11.3. The highest BCUT2D eigenvalue weighted by atomic mass is 14.2. The summed E-state index contributed by atoms with van der Waals surface area (Å²) in [6, 6.07) is 59.9. The molecular formula is C62H62B2. The zero-order valence-corrected chi connectivity index (χ0v) is 40.2. The van der Waals surface area contributed by atoms with E-state index in [-0.39, 0.29) is 13.4 Å². The summed E-state index contributed by atoms with van der Waals surface area (Å²) in [7, 11) is 0. The van der Waals surface area contributed by atoms with Crippen LogP contribution in [0.3, 0.4) is 0 Å². The topological polar surface area (TPSA) is 0 Å². The van der Waals surface area contributed by atoms with Crippen LogP contribution in [0.15, 0.2) is 158 Å². The summed E-state index contributed by atoms with van der Waals surface area (Å²) in [6.07, 6.45) is 0. The van der Waals surface area contributed by atoms with E-state index in [1.807, 2.05) is 0 Å². The van der Waals surface area contributed by atoms with Gasteiger partial charge in [0.15, 0.2) is 0 Å². The Morgan fingerprint density at radius 2 is 0.453 bits per heavy atom. The SMILES string of the molecule is Cc1cc(C)c(B(c2ccc(/C(=C(\c3ccccc3)c3ccc(B(c4c(C)cc(C)cc4C)c4c(C)cc(C)cc4C)cc3)c3ccccc3)cc2)c2c(C)cc(C)cc2C)c(C)c1. The lowest BCUT2D eigenvalue weighted by atomic mass is 9.34. The van der Waals surface area contributed by atoms with E-state index in [0.717, 1.165) is 0 Å². The summed E-state index contributed by atoms with van der Waals surface area (Å²) < 4.78 is 0. The zero-order valence-electron chi connectivity index (χ0n) is 40.2. The van der Waals surface area contributed by atoms with Crippen molar-refractivity contribution in [2.24, 2.45) is 0 Å². The van der Waals surface area contributed by atoms with Crippen molar-refractivity contribution in [3.05, 3.63) is 247 Å². The largest absolute Gasteiger partial charge is 0.242 e. The molecule has 0 unspecified atom stereocenters. The van der Waals surface area contributed by atoms with E-state index in [0.29, 0.717) is 0 Å². The second-order valence-electron chi connectivity index (χ2n) is 18.8. The van der Waals surface area contributed by atoms with Crippen LogP contribution in [0.1, 0.15) is 89.0 Å². The highest BCUT2D eigenvalue weighted by Crippen LogP contribution is 2.36. The quantitative estimate of drug-likeness (QED) is 0.0952. The molecule has 0 aliphatic carbocycles. The first kappa shape index (κ1) is 44.2. The molecule has 0 heterocycles. The molecule has 0 saturated heterocycles. The van der Waals surface area contributed by atoms with Gasteiger partial charge in [-0.1, -0.05) is 257 Å². The van der Waals surface area contributed by atoms with Gasteiger partial charge in [-0.3, -0.25) is 0 Å². The first-order chi connectivity index (χ1) is 30.7. The van der Waals surface area contributed by atoms with Gasteiger partial charge in [-0.25, -0.2) is 0 Å². The van der Waals surface area contributed by atoms with Gasteiger partial charge in [0.1, 0.15) is 0 Å². The Kier molecular flexibility index (Phi) is 12.7. The molecule has 0 N–H and O–H groups in total. The van der Waals surface area contributed by atoms with Crippen LogP contribution in [0.5, 0.6) is 0 Å². The molecule has 0 fully saturated rings. The molecule has 0 saturated carbocycles. The van der Waals surface area contributed by atoms with Gasteiger partial charge in [0.05, 0.1) is 0 Å². The summed E-state index contributed by atoms with van der Waals surface area (Å²) in [5.41, 5.74) is 31.4. The summed E-state index contributed by atoms with van der Waals surface area (Å²) in [4.78, 5) is 0. The number of hydrogen-bond acceptors (Lipinski definition) is 0. The molecule has 0 aromatic heterocycles. The Morgan fingerprint density at radius 1 is 0.250 bits per heavy atom. The van der Waals surface area contributed by atoms with Crippen LogP contribution < -0.4 is 32.8 Å². The summed E-state index contributed by atoms with van der Waals surface area (Å²) >= 11 is 0. The third kappa shape index (κ3) is 8.76. The Bertz CT molecular complexity index is 2610. The van der Waals surface area contributed by atoms with E-state index in [1.54, 1.807) is 0 Å². The Labute approximate surface area is 385 Å². The number of aryl methyl sites for hydroxylation is 12. The van der Waals surface area contributed by atoms with Gasteiger partial charge in [0, 0.05) is 0 Å². The predicted molar refractivity (Wildman–Crippen MR) is 283 cm³/mol. The fraction of sp³-hybridized carbons (Fsp3) is 0.194. The van der Waals surface area contributed by atoms with Crippen molar-refractivity contribution in [1.29, 1.82) is 0 Å². The lowest BCUT2D eigenvalue weighted by molar-refractivity contribution is 1.34. The lowest BCUT2D eigenvalue weighted by Gasteiger charge is -2.25. The average Bonchev–Trinajstić information content (AvgIpc) is 3.24. The first-order valence-electron chi connectivity index (χ1n) is 23.1. The fourth-order valence-corrected chi connectivity index (χ4v) is 11.3. The first-order valence-corrected chi connectivity index (χ1v) is 23.1. The Balaban J connectivity index is 1.34. The van der Waals surface area contributed by atoms with E-state index >= 15 is 0 Å². The Hall–Kier alpha value is -6.37. The van der Waals surface area contributed by atoms with Gasteiger partial charge < -0.3 is 0 Å². The van der Waals surface area contributed by atoms with Gasteiger partial charge in [-0.05, 0) is 116 Å². The molecule has 0 spiro atoms. The molecule has 0 amide bonds. The standard InChI is InChI=1S/C62H62B2/c1-39-31-43(5)59(44(6)32-39)63(60-45(7)33-40(2)34-46(60)8)55-27-23-53(24-28-55)57(51-19-15-13-16-20-51)58(52-21-17-14-18-22-52)54-25-29-56(30-26-54)64(61-47(9)35-41(3)36-48(61)10)62-49(11)37-42(4)38-50(62)12/h13-38H,1-12H3/b58-57+. The number of rotatable bonds is 10. The molecule has 0 bridgehead atoms. The van der Waals surface area contributed by atoms with Crippen molar-refractivity contribution in [3.8, 4) is 0 Å². The molecule has 316 valence electrons. The highest BCUT2D eigenvalue weighted by Gasteiger charge is 2.30. The molecule has 8 aromatic carbocycles. The van der Waals surface area contributed by atoms with Crippen molar-refractivity contribution in [3.63, 3.8) is 0 Å². The van der Waals surface area contributed by atoms with E-state index < -0.39 is 0 Å². The van der Waals surface area contributed by atoms with E-state index in [1.165, 1.54) is 133 Å². The van der Waals surface area contributed by atoms with Crippen LogP contribution in [-0.2, 0) is 0 Å². The van der Waals surface area contributed by atoms with E-state index in [4.69, 9.17) is 0 Å². The molecule has 64 heavy (non-hydrogen) atoms. The van der Waals surface area contributed by atoms with Gasteiger partial charge in [0.25, 0.3) is 0 Å². The van der Waals surface area contributed by atoms with Crippen molar-refractivity contribution < 1.29 is 0 Å². The molecule has 8 rings (SSSR count). The number of hydrogen-bond donors (Lipinski definition) is 0. The second kappa shape index (κ2) is 18.4. The molecule has 2 heteroatoms. The van der Waals surface area contributed by atoms with Crippen LogP contribution in [0.4, 0.5) is 0 Å². The summed E-state index contributed by atoms with van der Waals surface area (Å²) in [6.45, 7) is 27.4. The third-order valence-corrected chi connectivity index (χ3v) is 13.5. The molecular weight excluding hydrogens is 766 g/mol. The molecule has 0 nitrogen and oxygen atoms in total. The van der Waals surface area contributed by atoms with E-state index in [9.17, 15) is 0 Å². The molecule has 0 aliphatic rings. The predicted octanol–water partition coefficient (Wildman–Crippen LogP) is 11.4. The minimum Gasteiger partial charge on any atom is -0.0686 e. The molecule has 8 aromatic rings. The van der Waals surface area contributed by atoms with Crippen LogP contribution in [0.2, 0.25) is 0 Å². The van der Waals surface area contributed by atoms with Gasteiger partial charge in [-0.15, -0.1) is 0 Å².